The molecule has 0 radical (unpaired) electrons. The molecule has 1 amide bonds. The van der Waals surface area contributed by atoms with Crippen LogP contribution in [0.25, 0.3) is 0 Å². The van der Waals surface area contributed by atoms with Crippen LogP contribution in [0.15, 0.2) is 36.4 Å². The molecule has 1 aliphatic heterocycles. The molecule has 0 saturated carbocycles. The van der Waals surface area contributed by atoms with E-state index >= 15 is 0 Å². The third-order valence-electron chi connectivity index (χ3n) is 3.74. The minimum atomic E-state index is -0.0671. The van der Waals surface area contributed by atoms with Gasteiger partial charge in [0.25, 0.3) is 5.91 Å². The van der Waals surface area contributed by atoms with E-state index in [-0.39, 0.29) is 16.2 Å². The molecule has 1 atom stereocenters. The number of carbonyl (C=O) groups excluding carboxylic acids is 1. The van der Waals surface area contributed by atoms with E-state index in [2.05, 4.69) is 24.0 Å². The normalized spacial score (nSPS) is 17.5. The van der Waals surface area contributed by atoms with Gasteiger partial charge in [-0.2, -0.15) is 0 Å². The molecular formula is C16H14Cl2N2O. The van der Waals surface area contributed by atoms with Crippen molar-refractivity contribution in [1.29, 1.82) is 0 Å². The van der Waals surface area contributed by atoms with E-state index in [1.54, 1.807) is 12.1 Å². The quantitative estimate of drug-likeness (QED) is 0.739. The predicted octanol–water partition coefficient (Wildman–Crippen LogP) is 4.15. The van der Waals surface area contributed by atoms with E-state index in [9.17, 15) is 4.79 Å². The number of fused-ring (bicyclic) bond motifs is 1. The summed E-state index contributed by atoms with van der Waals surface area (Å²) >= 11 is 11.8. The van der Waals surface area contributed by atoms with Gasteiger partial charge >= 0.3 is 0 Å². The van der Waals surface area contributed by atoms with Gasteiger partial charge in [-0.1, -0.05) is 54.4 Å². The Bertz CT molecular complexity index is 682. The van der Waals surface area contributed by atoms with E-state index in [1.165, 1.54) is 11.1 Å². The first-order chi connectivity index (χ1) is 10.0. The lowest BCUT2D eigenvalue weighted by atomic mass is 9.91. The molecule has 0 N–H and O–H groups in total. The number of amides is 1. The van der Waals surface area contributed by atoms with Gasteiger partial charge in [0.1, 0.15) is 10.3 Å². The van der Waals surface area contributed by atoms with E-state index in [0.29, 0.717) is 24.6 Å². The maximum atomic E-state index is 12.6. The summed E-state index contributed by atoms with van der Waals surface area (Å²) in [7, 11) is 0. The Morgan fingerprint density at radius 1 is 1.24 bits per heavy atom. The van der Waals surface area contributed by atoms with E-state index in [0.717, 1.165) is 0 Å². The summed E-state index contributed by atoms with van der Waals surface area (Å²) in [6.45, 7) is 3.43. The van der Waals surface area contributed by atoms with E-state index < -0.39 is 0 Å². The second-order valence-electron chi connectivity index (χ2n) is 5.29. The Morgan fingerprint density at radius 2 is 1.90 bits per heavy atom. The summed E-state index contributed by atoms with van der Waals surface area (Å²) in [5, 5.41) is 0.465. The standard InChI is InChI=1S/C16H14Cl2N2O/c1-10-8-20(9-11-4-2-3-5-13(10)11)16(21)12-6-14(17)19-15(18)7-12/h2-7,10H,8-9H2,1H3. The van der Waals surface area contributed by atoms with E-state index in [1.807, 2.05) is 17.0 Å². The van der Waals surface area contributed by atoms with Crippen LogP contribution in [0.1, 0.15) is 34.3 Å². The highest BCUT2D eigenvalue weighted by Crippen LogP contribution is 2.29. The highest BCUT2D eigenvalue weighted by atomic mass is 35.5. The largest absolute Gasteiger partial charge is 0.334 e. The fourth-order valence-electron chi connectivity index (χ4n) is 2.78. The number of aromatic nitrogens is 1. The van der Waals surface area contributed by atoms with Crippen LogP contribution < -0.4 is 0 Å². The van der Waals surface area contributed by atoms with Gasteiger partial charge in [0.2, 0.25) is 0 Å². The molecule has 21 heavy (non-hydrogen) atoms. The number of rotatable bonds is 1. The molecule has 3 nitrogen and oxygen atoms in total. The Morgan fingerprint density at radius 3 is 2.62 bits per heavy atom. The second-order valence-corrected chi connectivity index (χ2v) is 6.06. The zero-order valence-electron chi connectivity index (χ0n) is 11.5. The average molecular weight is 321 g/mol. The lowest BCUT2D eigenvalue weighted by molar-refractivity contribution is 0.0720. The first-order valence-corrected chi connectivity index (χ1v) is 7.50. The second kappa shape index (κ2) is 5.66. The molecule has 5 heteroatoms. The van der Waals surface area contributed by atoms with Crippen LogP contribution in [-0.4, -0.2) is 22.3 Å². The summed E-state index contributed by atoms with van der Waals surface area (Å²) in [4.78, 5) is 18.3. The zero-order chi connectivity index (χ0) is 15.0. The maximum Gasteiger partial charge on any atom is 0.254 e. The van der Waals surface area contributed by atoms with Crippen molar-refractivity contribution in [2.45, 2.75) is 19.4 Å². The monoisotopic (exact) mass is 320 g/mol. The molecule has 1 unspecified atom stereocenters. The van der Waals surface area contributed by atoms with Crippen LogP contribution in [0.2, 0.25) is 10.3 Å². The first kappa shape index (κ1) is 14.4. The molecule has 2 aromatic rings. The fraction of sp³-hybridized carbons (Fsp3) is 0.250. The molecule has 0 saturated heterocycles. The minimum Gasteiger partial charge on any atom is -0.334 e. The Labute approximate surface area is 133 Å². The van der Waals surface area contributed by atoms with Crippen LogP contribution >= 0.6 is 23.2 Å². The summed E-state index contributed by atoms with van der Waals surface area (Å²) < 4.78 is 0. The lowest BCUT2D eigenvalue weighted by Gasteiger charge is -2.33. The number of benzene rings is 1. The number of nitrogens with zero attached hydrogens (tertiary/aromatic N) is 2. The number of hydrogen-bond donors (Lipinski definition) is 0. The van der Waals surface area contributed by atoms with Gasteiger partial charge in [0.05, 0.1) is 0 Å². The number of carbonyl (C=O) groups is 1. The van der Waals surface area contributed by atoms with Crippen LogP contribution in [0, 0.1) is 0 Å². The first-order valence-electron chi connectivity index (χ1n) is 6.75. The van der Waals surface area contributed by atoms with Crippen molar-refractivity contribution in [1.82, 2.24) is 9.88 Å². The average Bonchev–Trinajstić information content (AvgIpc) is 2.45. The lowest BCUT2D eigenvalue weighted by Crippen LogP contribution is -2.37. The van der Waals surface area contributed by atoms with Crippen LogP contribution in [0.4, 0.5) is 0 Å². The van der Waals surface area contributed by atoms with Crippen molar-refractivity contribution >= 4 is 29.1 Å². The van der Waals surface area contributed by atoms with Gasteiger partial charge in [-0.15, -0.1) is 0 Å². The van der Waals surface area contributed by atoms with Crippen molar-refractivity contribution in [3.8, 4) is 0 Å². The van der Waals surface area contributed by atoms with Gasteiger partial charge in [0, 0.05) is 18.7 Å². The van der Waals surface area contributed by atoms with Crippen molar-refractivity contribution < 1.29 is 4.79 Å². The number of hydrogen-bond acceptors (Lipinski definition) is 2. The van der Waals surface area contributed by atoms with Crippen LogP contribution in [-0.2, 0) is 6.54 Å². The summed E-state index contributed by atoms with van der Waals surface area (Å²) in [5.41, 5.74) is 2.98. The van der Waals surface area contributed by atoms with Crippen LogP contribution in [0.5, 0.6) is 0 Å². The van der Waals surface area contributed by atoms with Gasteiger partial charge < -0.3 is 4.90 Å². The van der Waals surface area contributed by atoms with Crippen molar-refractivity contribution in [3.63, 3.8) is 0 Å². The van der Waals surface area contributed by atoms with Gasteiger partial charge in [0.15, 0.2) is 0 Å². The predicted molar refractivity (Wildman–Crippen MR) is 83.9 cm³/mol. The zero-order valence-corrected chi connectivity index (χ0v) is 13.0. The fourth-order valence-corrected chi connectivity index (χ4v) is 3.24. The third-order valence-corrected chi connectivity index (χ3v) is 4.13. The summed E-state index contributed by atoms with van der Waals surface area (Å²) in [6, 6.07) is 11.3. The molecule has 0 bridgehead atoms. The van der Waals surface area contributed by atoms with E-state index in [4.69, 9.17) is 23.2 Å². The Kier molecular flexibility index (Phi) is 3.87. The van der Waals surface area contributed by atoms with Gasteiger partial charge in [-0.3, -0.25) is 4.79 Å². The van der Waals surface area contributed by atoms with Crippen LogP contribution in [0.3, 0.4) is 0 Å². The molecular weight excluding hydrogens is 307 g/mol. The van der Waals surface area contributed by atoms with Gasteiger partial charge in [-0.05, 0) is 29.2 Å². The van der Waals surface area contributed by atoms with Gasteiger partial charge in [-0.25, -0.2) is 4.98 Å². The summed E-state index contributed by atoms with van der Waals surface area (Å²) in [6.07, 6.45) is 0. The highest BCUT2D eigenvalue weighted by molar-refractivity contribution is 6.33. The molecule has 0 spiro atoms. The molecule has 1 aromatic carbocycles. The molecule has 0 aliphatic carbocycles. The van der Waals surface area contributed by atoms with Crippen molar-refractivity contribution in [2.24, 2.45) is 0 Å². The molecule has 2 heterocycles. The molecule has 1 aliphatic rings. The number of halogens is 2. The Hall–Kier alpha value is -1.58. The molecule has 0 fully saturated rings. The molecule has 108 valence electrons. The third kappa shape index (κ3) is 2.89. The van der Waals surface area contributed by atoms with Crippen molar-refractivity contribution in [2.75, 3.05) is 6.54 Å². The maximum absolute atomic E-state index is 12.6. The molecule has 3 rings (SSSR count). The topological polar surface area (TPSA) is 33.2 Å². The summed E-state index contributed by atoms with van der Waals surface area (Å²) in [5.74, 6) is 0.245. The Balaban J connectivity index is 1.90. The molecule has 1 aromatic heterocycles. The SMILES string of the molecule is CC1CN(C(=O)c2cc(Cl)nc(Cl)c2)Cc2ccccc21. The number of pyridine rings is 1. The smallest absolute Gasteiger partial charge is 0.254 e. The highest BCUT2D eigenvalue weighted by Gasteiger charge is 2.26. The minimum absolute atomic E-state index is 0.0671. The van der Waals surface area contributed by atoms with Crippen molar-refractivity contribution in [3.05, 3.63) is 63.4 Å².